The van der Waals surface area contributed by atoms with E-state index in [9.17, 15) is 9.59 Å². The smallest absolute Gasteiger partial charge is 0.238 e. The monoisotopic (exact) mass is 268 g/mol. The Bertz CT molecular complexity index is 306. The van der Waals surface area contributed by atoms with Crippen LogP contribution in [-0.2, 0) is 9.59 Å². The Kier molecular flexibility index (Phi) is 5.60. The fourth-order valence-electron chi connectivity index (χ4n) is 2.57. The van der Waals surface area contributed by atoms with Crippen LogP contribution in [0.1, 0.15) is 25.7 Å². The number of hydrogen-bond donors (Lipinski definition) is 3. The van der Waals surface area contributed by atoms with E-state index in [4.69, 9.17) is 0 Å². The van der Waals surface area contributed by atoms with E-state index < -0.39 is 0 Å². The number of likely N-dealkylation sites (tertiary alicyclic amines) is 1. The number of rotatable bonds is 5. The van der Waals surface area contributed by atoms with Crippen LogP contribution >= 0.6 is 0 Å². The van der Waals surface area contributed by atoms with Crippen molar-refractivity contribution in [1.29, 1.82) is 0 Å². The second-order valence-electron chi connectivity index (χ2n) is 5.28. The van der Waals surface area contributed by atoms with Crippen molar-refractivity contribution in [2.45, 2.75) is 31.7 Å². The van der Waals surface area contributed by atoms with Crippen molar-refractivity contribution in [2.24, 2.45) is 0 Å². The van der Waals surface area contributed by atoms with Gasteiger partial charge in [-0.3, -0.25) is 14.9 Å². The molecule has 2 rings (SSSR count). The van der Waals surface area contributed by atoms with Gasteiger partial charge in [-0.2, -0.15) is 0 Å². The summed E-state index contributed by atoms with van der Waals surface area (Å²) in [5.74, 6) is -0.0622. The molecule has 2 heterocycles. The van der Waals surface area contributed by atoms with Crippen LogP contribution in [0.2, 0.25) is 0 Å². The summed E-state index contributed by atoms with van der Waals surface area (Å²) in [6.45, 7) is 4.79. The molecule has 2 aliphatic rings. The number of piperidine rings is 1. The molecule has 0 radical (unpaired) electrons. The third-order valence-electron chi connectivity index (χ3n) is 3.73. The summed E-state index contributed by atoms with van der Waals surface area (Å²) in [5.41, 5.74) is 0. The molecule has 0 bridgehead atoms. The highest BCUT2D eigenvalue weighted by molar-refractivity contribution is 5.86. The summed E-state index contributed by atoms with van der Waals surface area (Å²) in [6, 6.07) is -0.285. The van der Waals surface area contributed by atoms with Gasteiger partial charge in [0.15, 0.2) is 0 Å². The van der Waals surface area contributed by atoms with Crippen LogP contribution in [-0.4, -0.2) is 62.0 Å². The van der Waals surface area contributed by atoms with Crippen molar-refractivity contribution < 1.29 is 9.59 Å². The summed E-state index contributed by atoms with van der Waals surface area (Å²) < 4.78 is 0. The van der Waals surface area contributed by atoms with Gasteiger partial charge in [0.2, 0.25) is 11.8 Å². The van der Waals surface area contributed by atoms with Gasteiger partial charge in [-0.05, 0) is 38.9 Å². The van der Waals surface area contributed by atoms with Gasteiger partial charge in [0.05, 0.1) is 6.54 Å². The minimum atomic E-state index is -0.285. The van der Waals surface area contributed by atoms with Crippen LogP contribution in [0.25, 0.3) is 0 Å². The van der Waals surface area contributed by atoms with E-state index in [1.54, 1.807) is 0 Å². The Morgan fingerprint density at radius 1 is 1.32 bits per heavy atom. The van der Waals surface area contributed by atoms with Crippen LogP contribution in [0.4, 0.5) is 0 Å². The van der Waals surface area contributed by atoms with Crippen molar-refractivity contribution >= 4 is 11.8 Å². The first-order valence-corrected chi connectivity index (χ1v) is 7.26. The lowest BCUT2D eigenvalue weighted by molar-refractivity contribution is -0.126. The Labute approximate surface area is 114 Å². The molecule has 3 N–H and O–H groups in total. The Hall–Kier alpha value is -1.14. The molecule has 2 aliphatic heterocycles. The molecular weight excluding hydrogens is 244 g/mol. The first-order chi connectivity index (χ1) is 9.25. The van der Waals surface area contributed by atoms with E-state index in [1.165, 1.54) is 32.4 Å². The molecule has 0 aromatic heterocycles. The minimum absolute atomic E-state index is 0.0151. The van der Waals surface area contributed by atoms with Crippen molar-refractivity contribution in [2.75, 3.05) is 39.3 Å². The van der Waals surface area contributed by atoms with Crippen LogP contribution < -0.4 is 16.0 Å². The quantitative estimate of drug-likeness (QED) is 0.563. The molecule has 0 aliphatic carbocycles. The van der Waals surface area contributed by atoms with E-state index >= 15 is 0 Å². The van der Waals surface area contributed by atoms with Crippen LogP contribution in [0.5, 0.6) is 0 Å². The summed E-state index contributed by atoms with van der Waals surface area (Å²) in [7, 11) is 0. The SMILES string of the molecule is O=C1CNC(C(=O)NCCCN2CCCCC2)CN1. The highest BCUT2D eigenvalue weighted by Crippen LogP contribution is 2.08. The van der Waals surface area contributed by atoms with Gasteiger partial charge in [-0.25, -0.2) is 0 Å². The lowest BCUT2D eigenvalue weighted by atomic mass is 10.1. The lowest BCUT2D eigenvalue weighted by Crippen LogP contribution is -2.58. The molecule has 0 saturated carbocycles. The van der Waals surface area contributed by atoms with Crippen molar-refractivity contribution in [3.05, 3.63) is 0 Å². The Morgan fingerprint density at radius 2 is 2.11 bits per heavy atom. The van der Waals surface area contributed by atoms with Gasteiger partial charge in [0, 0.05) is 13.1 Å². The zero-order valence-electron chi connectivity index (χ0n) is 11.4. The maximum absolute atomic E-state index is 11.8. The predicted molar refractivity (Wildman–Crippen MR) is 72.7 cm³/mol. The average molecular weight is 268 g/mol. The van der Waals surface area contributed by atoms with Gasteiger partial charge in [0.1, 0.15) is 6.04 Å². The summed E-state index contributed by atoms with van der Waals surface area (Å²) in [6.07, 6.45) is 4.95. The van der Waals surface area contributed by atoms with Crippen LogP contribution in [0, 0.1) is 0 Å². The van der Waals surface area contributed by atoms with Gasteiger partial charge in [0.25, 0.3) is 0 Å². The van der Waals surface area contributed by atoms with E-state index in [0.717, 1.165) is 13.0 Å². The van der Waals surface area contributed by atoms with Crippen molar-refractivity contribution in [1.82, 2.24) is 20.9 Å². The molecule has 0 aromatic carbocycles. The van der Waals surface area contributed by atoms with Gasteiger partial charge in [-0.1, -0.05) is 6.42 Å². The number of nitrogens with zero attached hydrogens (tertiary/aromatic N) is 1. The van der Waals surface area contributed by atoms with Gasteiger partial charge < -0.3 is 15.5 Å². The molecular formula is C13H24N4O2. The second kappa shape index (κ2) is 7.45. The largest absolute Gasteiger partial charge is 0.355 e. The van der Waals surface area contributed by atoms with Crippen LogP contribution in [0.15, 0.2) is 0 Å². The van der Waals surface area contributed by atoms with Crippen molar-refractivity contribution in [3.8, 4) is 0 Å². The standard InChI is InChI=1S/C13H24N4O2/c18-12-10-15-11(9-16-12)13(19)14-5-4-8-17-6-2-1-3-7-17/h11,15H,1-10H2,(H,14,19)(H,16,18). The highest BCUT2D eigenvalue weighted by Gasteiger charge is 2.23. The fraction of sp³-hybridized carbons (Fsp3) is 0.846. The maximum atomic E-state index is 11.8. The summed E-state index contributed by atoms with van der Waals surface area (Å²) in [4.78, 5) is 25.2. The molecule has 2 fully saturated rings. The first kappa shape index (κ1) is 14.3. The molecule has 6 nitrogen and oxygen atoms in total. The van der Waals surface area contributed by atoms with E-state index in [0.29, 0.717) is 13.1 Å². The van der Waals surface area contributed by atoms with E-state index in [2.05, 4.69) is 20.9 Å². The molecule has 2 saturated heterocycles. The average Bonchev–Trinajstić information content (AvgIpc) is 2.45. The molecule has 1 atom stereocenters. The zero-order valence-corrected chi connectivity index (χ0v) is 11.4. The molecule has 0 aromatic rings. The Balaban J connectivity index is 1.54. The predicted octanol–water partition coefficient (Wildman–Crippen LogP) is -0.933. The van der Waals surface area contributed by atoms with E-state index in [1.807, 2.05) is 0 Å². The summed E-state index contributed by atoms with van der Waals surface area (Å²) >= 11 is 0. The van der Waals surface area contributed by atoms with Crippen LogP contribution in [0.3, 0.4) is 0 Å². The summed E-state index contributed by atoms with van der Waals surface area (Å²) in [5, 5.41) is 8.54. The third-order valence-corrected chi connectivity index (χ3v) is 3.73. The maximum Gasteiger partial charge on any atom is 0.238 e. The molecule has 108 valence electrons. The van der Waals surface area contributed by atoms with Gasteiger partial charge >= 0.3 is 0 Å². The normalized spacial score (nSPS) is 24.8. The Morgan fingerprint density at radius 3 is 2.79 bits per heavy atom. The molecule has 6 heteroatoms. The molecule has 2 amide bonds. The molecule has 0 spiro atoms. The minimum Gasteiger partial charge on any atom is -0.355 e. The first-order valence-electron chi connectivity index (χ1n) is 7.26. The van der Waals surface area contributed by atoms with Crippen molar-refractivity contribution in [3.63, 3.8) is 0 Å². The van der Waals surface area contributed by atoms with E-state index in [-0.39, 0.29) is 24.4 Å². The molecule has 19 heavy (non-hydrogen) atoms. The number of piperazine rings is 1. The highest BCUT2D eigenvalue weighted by atomic mass is 16.2. The lowest BCUT2D eigenvalue weighted by Gasteiger charge is -2.26. The number of carbonyl (C=O) groups is 2. The number of hydrogen-bond acceptors (Lipinski definition) is 4. The zero-order chi connectivity index (χ0) is 13.5. The number of nitrogens with one attached hydrogen (secondary N) is 3. The number of carbonyl (C=O) groups excluding carboxylic acids is 2. The van der Waals surface area contributed by atoms with Gasteiger partial charge in [-0.15, -0.1) is 0 Å². The number of amides is 2. The molecule has 1 unspecified atom stereocenters. The topological polar surface area (TPSA) is 73.5 Å². The fourth-order valence-corrected chi connectivity index (χ4v) is 2.57. The third kappa shape index (κ3) is 4.80. The second-order valence-corrected chi connectivity index (χ2v) is 5.28.